The van der Waals surface area contributed by atoms with Gasteiger partial charge in [0.25, 0.3) is 0 Å². The highest BCUT2D eigenvalue weighted by atomic mass is 16.7. The molecule has 7 nitrogen and oxygen atoms in total. The molecule has 0 amide bonds. The Morgan fingerprint density at radius 3 is 2.67 bits per heavy atom. The largest absolute Gasteiger partial charge is 0.465 e. The molecule has 4 N–H and O–H groups in total. The van der Waals surface area contributed by atoms with Crippen molar-refractivity contribution in [1.82, 2.24) is 0 Å². The average Bonchev–Trinajstić information content (AvgIpc) is 2.43. The Balaban J connectivity index is 1.96. The lowest BCUT2D eigenvalue weighted by Gasteiger charge is -2.36. The highest BCUT2D eigenvalue weighted by Gasteiger charge is 2.38. The zero-order chi connectivity index (χ0) is 15.4. The summed E-state index contributed by atoms with van der Waals surface area (Å²) in [5, 5.41) is 19.7. The van der Waals surface area contributed by atoms with Crippen LogP contribution in [0.15, 0.2) is 24.3 Å². The molecule has 1 heterocycles. The minimum Gasteiger partial charge on any atom is -0.465 e. The second kappa shape index (κ2) is 6.75. The third-order valence-corrected chi connectivity index (χ3v) is 3.13. The Hall–Kier alpha value is -1.83. The molecule has 1 aliphatic heterocycles. The molecule has 0 aromatic heterocycles. The average molecular weight is 297 g/mol. The lowest BCUT2D eigenvalue weighted by atomic mass is 10.0. The Morgan fingerprint density at radius 2 is 2.05 bits per heavy atom. The zero-order valence-electron chi connectivity index (χ0n) is 11.6. The molecule has 1 fully saturated rings. The van der Waals surface area contributed by atoms with Crippen molar-refractivity contribution in [1.29, 1.82) is 0 Å². The van der Waals surface area contributed by atoms with Gasteiger partial charge in [0.2, 0.25) is 6.29 Å². The fourth-order valence-electron chi connectivity index (χ4n) is 2.03. The highest BCUT2D eigenvalue weighted by Crippen LogP contribution is 2.24. The van der Waals surface area contributed by atoms with Crippen LogP contribution in [0.25, 0.3) is 0 Å². The molecule has 0 bridgehead atoms. The maximum absolute atomic E-state index is 10.8. The quantitative estimate of drug-likeness (QED) is 0.531. The molecule has 2 rings (SSSR count). The smallest absolute Gasteiger partial charge is 0.302 e. The van der Waals surface area contributed by atoms with Crippen LogP contribution in [-0.2, 0) is 14.3 Å². The van der Waals surface area contributed by atoms with Gasteiger partial charge in [-0.1, -0.05) is 0 Å². The molecular formula is C14H19NO6. The number of hydrogen-bond acceptors (Lipinski definition) is 7. The molecule has 1 aliphatic rings. The molecule has 0 aliphatic carbocycles. The number of carbonyl (C=O) groups excluding carboxylic acids is 1. The maximum Gasteiger partial charge on any atom is 0.302 e. The predicted molar refractivity (Wildman–Crippen MR) is 73.4 cm³/mol. The molecule has 7 heteroatoms. The van der Waals surface area contributed by atoms with Gasteiger partial charge in [0.05, 0.1) is 6.10 Å². The number of ether oxygens (including phenoxy) is 3. The molecule has 1 aromatic carbocycles. The van der Waals surface area contributed by atoms with Crippen LogP contribution >= 0.6 is 0 Å². The van der Waals surface area contributed by atoms with E-state index in [2.05, 4.69) is 0 Å². The second-order valence-electron chi connectivity index (χ2n) is 4.89. The minimum absolute atomic E-state index is 0.113. The number of aliphatic hydroxyl groups is 2. The summed E-state index contributed by atoms with van der Waals surface area (Å²) in [5.74, 6) is 0.0471. The van der Waals surface area contributed by atoms with Crippen molar-refractivity contribution in [2.75, 3.05) is 12.3 Å². The van der Waals surface area contributed by atoms with Crippen molar-refractivity contribution in [2.45, 2.75) is 37.9 Å². The summed E-state index contributed by atoms with van der Waals surface area (Å²) in [6, 6.07) is 6.72. The Kier molecular flexibility index (Phi) is 5.00. The predicted octanol–water partition coefficient (Wildman–Crippen LogP) is 0.0475. The maximum atomic E-state index is 10.8. The van der Waals surface area contributed by atoms with Gasteiger partial charge >= 0.3 is 5.97 Å². The van der Waals surface area contributed by atoms with E-state index in [9.17, 15) is 15.0 Å². The number of esters is 1. The van der Waals surface area contributed by atoms with Crippen LogP contribution in [0.2, 0.25) is 0 Å². The van der Waals surface area contributed by atoms with Crippen molar-refractivity contribution in [3.05, 3.63) is 24.3 Å². The SMILES string of the molecule is CC(=O)OC[C@H]1OC(Oc2ccc(N)cc2)C[C@@H](O)[C@H]1O. The van der Waals surface area contributed by atoms with Crippen LogP contribution in [-0.4, -0.2) is 47.4 Å². The van der Waals surface area contributed by atoms with Crippen molar-refractivity contribution in [3.63, 3.8) is 0 Å². The van der Waals surface area contributed by atoms with Gasteiger partial charge in [-0.2, -0.15) is 0 Å². The van der Waals surface area contributed by atoms with Crippen LogP contribution in [0.1, 0.15) is 13.3 Å². The van der Waals surface area contributed by atoms with Gasteiger partial charge < -0.3 is 30.2 Å². The number of nitrogens with two attached hydrogens (primary N) is 1. The van der Waals surface area contributed by atoms with Crippen molar-refractivity contribution >= 4 is 11.7 Å². The minimum atomic E-state index is -1.13. The second-order valence-corrected chi connectivity index (χ2v) is 4.89. The van der Waals surface area contributed by atoms with Gasteiger partial charge in [0, 0.05) is 19.0 Å². The lowest BCUT2D eigenvalue weighted by Crippen LogP contribution is -2.51. The van der Waals surface area contributed by atoms with E-state index in [1.165, 1.54) is 6.92 Å². The van der Waals surface area contributed by atoms with Crippen LogP contribution < -0.4 is 10.5 Å². The van der Waals surface area contributed by atoms with E-state index in [1.54, 1.807) is 24.3 Å². The topological polar surface area (TPSA) is 111 Å². The number of carbonyl (C=O) groups is 1. The van der Waals surface area contributed by atoms with Crippen LogP contribution in [0.3, 0.4) is 0 Å². The van der Waals surface area contributed by atoms with Crippen molar-refractivity contribution < 1.29 is 29.2 Å². The summed E-state index contributed by atoms with van der Waals surface area (Å²) in [5.41, 5.74) is 6.19. The fourth-order valence-corrected chi connectivity index (χ4v) is 2.03. The molecule has 1 aromatic rings. The molecule has 0 spiro atoms. The van der Waals surface area contributed by atoms with E-state index in [0.717, 1.165) is 0 Å². The van der Waals surface area contributed by atoms with Gasteiger partial charge in [-0.25, -0.2) is 0 Å². The lowest BCUT2D eigenvalue weighted by molar-refractivity contribution is -0.232. The summed E-state index contributed by atoms with van der Waals surface area (Å²) in [6.45, 7) is 1.11. The Bertz CT molecular complexity index is 477. The molecule has 0 radical (unpaired) electrons. The summed E-state index contributed by atoms with van der Waals surface area (Å²) in [7, 11) is 0. The first-order valence-electron chi connectivity index (χ1n) is 6.63. The van der Waals surface area contributed by atoms with Gasteiger partial charge in [0.15, 0.2) is 0 Å². The van der Waals surface area contributed by atoms with Gasteiger partial charge in [-0.3, -0.25) is 4.79 Å². The molecule has 0 saturated carbocycles. The first kappa shape index (κ1) is 15.6. The van der Waals surface area contributed by atoms with Crippen LogP contribution in [0.5, 0.6) is 5.75 Å². The monoisotopic (exact) mass is 297 g/mol. The first-order valence-corrected chi connectivity index (χ1v) is 6.63. The fraction of sp³-hybridized carbons (Fsp3) is 0.500. The summed E-state index contributed by atoms with van der Waals surface area (Å²) < 4.78 is 15.9. The molecule has 1 saturated heterocycles. The molecule has 21 heavy (non-hydrogen) atoms. The number of hydrogen-bond donors (Lipinski definition) is 3. The Labute approximate surface area is 122 Å². The van der Waals surface area contributed by atoms with Crippen LogP contribution in [0.4, 0.5) is 5.69 Å². The summed E-state index contributed by atoms with van der Waals surface area (Å²) >= 11 is 0. The molecular weight excluding hydrogens is 278 g/mol. The van der Waals surface area contributed by atoms with E-state index < -0.39 is 30.6 Å². The first-order chi connectivity index (χ1) is 9.95. The number of benzene rings is 1. The normalized spacial score (nSPS) is 28.9. The van der Waals surface area contributed by atoms with E-state index in [4.69, 9.17) is 19.9 Å². The van der Waals surface area contributed by atoms with E-state index in [-0.39, 0.29) is 13.0 Å². The van der Waals surface area contributed by atoms with Gasteiger partial charge in [-0.15, -0.1) is 0 Å². The van der Waals surface area contributed by atoms with Crippen molar-refractivity contribution in [2.24, 2.45) is 0 Å². The number of anilines is 1. The van der Waals surface area contributed by atoms with E-state index >= 15 is 0 Å². The summed E-state index contributed by atoms with van der Waals surface area (Å²) in [6.07, 6.45) is -3.61. The number of aliphatic hydroxyl groups excluding tert-OH is 2. The Morgan fingerprint density at radius 1 is 1.38 bits per heavy atom. The third kappa shape index (κ3) is 4.32. The third-order valence-electron chi connectivity index (χ3n) is 3.13. The van der Waals surface area contributed by atoms with Gasteiger partial charge in [-0.05, 0) is 24.3 Å². The van der Waals surface area contributed by atoms with Crippen LogP contribution in [0, 0.1) is 0 Å². The zero-order valence-corrected chi connectivity index (χ0v) is 11.6. The molecule has 4 atom stereocenters. The van der Waals surface area contributed by atoms with Crippen molar-refractivity contribution in [3.8, 4) is 5.75 Å². The highest BCUT2D eigenvalue weighted by molar-refractivity contribution is 5.65. The number of nitrogen functional groups attached to an aromatic ring is 1. The van der Waals surface area contributed by atoms with E-state index in [1.807, 2.05) is 0 Å². The molecule has 1 unspecified atom stereocenters. The standard InChI is InChI=1S/C14H19NO6/c1-8(16)19-7-12-14(18)11(17)6-13(21-12)20-10-4-2-9(15)3-5-10/h2-5,11-14,17-18H,6-7,15H2,1H3/t11-,12-,13?,14-/m1/s1. The number of rotatable bonds is 4. The van der Waals surface area contributed by atoms with E-state index in [0.29, 0.717) is 11.4 Å². The summed E-state index contributed by atoms with van der Waals surface area (Å²) in [4.78, 5) is 10.8. The molecule has 116 valence electrons. The van der Waals surface area contributed by atoms with Gasteiger partial charge in [0.1, 0.15) is 24.6 Å².